The standard InChI is InChI=1S/C22H22F3N5O2/c1-32-16-4-2-13(3-5-16)22-20-12-29(6-7-30(20)28-27-22)21(31)10-15(26)8-14-9-18(24)19(25)11-17(14)23/h2-5,9,11,15H,6-8,10,12,26H2,1H3/t15-/m1/s1. The molecule has 0 aliphatic carbocycles. The number of amides is 1. The van der Waals surface area contributed by atoms with Gasteiger partial charge in [-0.15, -0.1) is 5.10 Å². The molecule has 0 spiro atoms. The van der Waals surface area contributed by atoms with Crippen molar-refractivity contribution in [3.05, 3.63) is 65.1 Å². The van der Waals surface area contributed by atoms with E-state index in [0.29, 0.717) is 31.4 Å². The van der Waals surface area contributed by atoms with Crippen LogP contribution in [-0.4, -0.2) is 45.5 Å². The Morgan fingerprint density at radius 2 is 1.84 bits per heavy atom. The average molecular weight is 445 g/mol. The zero-order valence-corrected chi connectivity index (χ0v) is 17.4. The molecular formula is C22H22F3N5O2. The summed E-state index contributed by atoms with van der Waals surface area (Å²) >= 11 is 0. The van der Waals surface area contributed by atoms with Crippen molar-refractivity contribution in [3.8, 4) is 17.0 Å². The van der Waals surface area contributed by atoms with E-state index in [1.807, 2.05) is 24.3 Å². The number of hydrogen-bond donors (Lipinski definition) is 1. The molecule has 168 valence electrons. The number of carbonyl (C=O) groups is 1. The summed E-state index contributed by atoms with van der Waals surface area (Å²) in [5.74, 6) is -2.79. The van der Waals surface area contributed by atoms with Crippen LogP contribution in [0.4, 0.5) is 13.2 Å². The molecule has 7 nitrogen and oxygen atoms in total. The van der Waals surface area contributed by atoms with E-state index in [1.165, 1.54) is 0 Å². The van der Waals surface area contributed by atoms with E-state index in [9.17, 15) is 18.0 Å². The van der Waals surface area contributed by atoms with Crippen LogP contribution in [0.2, 0.25) is 0 Å². The molecule has 2 N–H and O–H groups in total. The molecule has 2 aromatic carbocycles. The summed E-state index contributed by atoms with van der Waals surface area (Å²) in [5, 5.41) is 8.44. The second kappa shape index (κ2) is 8.99. The van der Waals surface area contributed by atoms with Crippen molar-refractivity contribution in [2.75, 3.05) is 13.7 Å². The quantitative estimate of drug-likeness (QED) is 0.590. The Morgan fingerprint density at radius 1 is 1.12 bits per heavy atom. The van der Waals surface area contributed by atoms with Crippen LogP contribution in [0.5, 0.6) is 5.75 Å². The molecule has 0 unspecified atom stereocenters. The largest absolute Gasteiger partial charge is 0.497 e. The number of nitrogens with zero attached hydrogens (tertiary/aromatic N) is 4. The highest BCUT2D eigenvalue weighted by Gasteiger charge is 2.27. The van der Waals surface area contributed by atoms with Gasteiger partial charge in [0.2, 0.25) is 5.91 Å². The van der Waals surface area contributed by atoms with Gasteiger partial charge in [0.25, 0.3) is 0 Å². The molecular weight excluding hydrogens is 423 g/mol. The van der Waals surface area contributed by atoms with E-state index < -0.39 is 23.5 Å². The Kier molecular flexibility index (Phi) is 6.13. The lowest BCUT2D eigenvalue weighted by Crippen LogP contribution is -2.41. The predicted molar refractivity (Wildman–Crippen MR) is 110 cm³/mol. The van der Waals surface area contributed by atoms with Crippen molar-refractivity contribution in [2.45, 2.75) is 32.0 Å². The lowest BCUT2D eigenvalue weighted by atomic mass is 10.0. The number of ether oxygens (including phenoxy) is 1. The Labute approximate surface area is 182 Å². The Balaban J connectivity index is 1.43. The first-order chi connectivity index (χ1) is 15.4. The Bertz CT molecular complexity index is 1130. The van der Waals surface area contributed by atoms with Crippen LogP contribution in [0.1, 0.15) is 17.7 Å². The molecule has 1 aliphatic rings. The summed E-state index contributed by atoms with van der Waals surface area (Å²) in [6.07, 6.45) is -0.142. The molecule has 32 heavy (non-hydrogen) atoms. The summed E-state index contributed by atoms with van der Waals surface area (Å²) in [7, 11) is 1.59. The summed E-state index contributed by atoms with van der Waals surface area (Å²) in [6.45, 7) is 1.22. The highest BCUT2D eigenvalue weighted by atomic mass is 19.2. The van der Waals surface area contributed by atoms with Crippen LogP contribution in [-0.2, 0) is 24.3 Å². The molecule has 1 aromatic heterocycles. The summed E-state index contributed by atoms with van der Waals surface area (Å²) < 4.78 is 47.4. The van der Waals surface area contributed by atoms with E-state index >= 15 is 0 Å². The van der Waals surface area contributed by atoms with Gasteiger partial charge in [0.05, 0.1) is 25.9 Å². The average Bonchev–Trinajstić information content (AvgIpc) is 3.20. The van der Waals surface area contributed by atoms with Gasteiger partial charge in [0, 0.05) is 30.6 Å². The van der Waals surface area contributed by atoms with Crippen molar-refractivity contribution < 1.29 is 22.7 Å². The number of benzene rings is 2. The number of carbonyl (C=O) groups excluding carboxylic acids is 1. The third kappa shape index (κ3) is 4.45. The third-order valence-corrected chi connectivity index (χ3v) is 5.48. The van der Waals surface area contributed by atoms with Gasteiger partial charge in [-0.05, 0) is 42.3 Å². The maximum atomic E-state index is 13.9. The van der Waals surface area contributed by atoms with Crippen LogP contribution in [0.3, 0.4) is 0 Å². The number of fused-ring (bicyclic) bond motifs is 1. The highest BCUT2D eigenvalue weighted by Crippen LogP contribution is 2.27. The second-order valence-corrected chi connectivity index (χ2v) is 7.68. The van der Waals surface area contributed by atoms with Gasteiger partial charge in [-0.3, -0.25) is 4.79 Å². The molecule has 0 radical (unpaired) electrons. The number of aromatic nitrogens is 3. The minimum atomic E-state index is -1.26. The SMILES string of the molecule is COc1ccc(-c2nnn3c2CN(C(=O)C[C@H](N)Cc2cc(F)c(F)cc2F)CC3)cc1. The maximum Gasteiger partial charge on any atom is 0.224 e. The van der Waals surface area contributed by atoms with Gasteiger partial charge >= 0.3 is 0 Å². The van der Waals surface area contributed by atoms with Gasteiger partial charge in [-0.25, -0.2) is 17.9 Å². The van der Waals surface area contributed by atoms with E-state index in [2.05, 4.69) is 10.3 Å². The molecule has 1 atom stereocenters. The first-order valence-corrected chi connectivity index (χ1v) is 10.1. The molecule has 0 fully saturated rings. The number of halogens is 3. The normalized spacial score (nSPS) is 14.2. The third-order valence-electron chi connectivity index (χ3n) is 5.48. The van der Waals surface area contributed by atoms with Gasteiger partial charge < -0.3 is 15.4 Å². The van der Waals surface area contributed by atoms with Crippen LogP contribution >= 0.6 is 0 Å². The van der Waals surface area contributed by atoms with Crippen LogP contribution in [0, 0.1) is 17.5 Å². The molecule has 3 aromatic rings. The number of methoxy groups -OCH3 is 1. The second-order valence-electron chi connectivity index (χ2n) is 7.68. The van der Waals surface area contributed by atoms with Crippen molar-refractivity contribution in [2.24, 2.45) is 5.73 Å². The van der Waals surface area contributed by atoms with Gasteiger partial charge in [-0.1, -0.05) is 5.21 Å². The topological polar surface area (TPSA) is 86.3 Å². The van der Waals surface area contributed by atoms with Crippen molar-refractivity contribution in [3.63, 3.8) is 0 Å². The molecule has 1 amide bonds. The van der Waals surface area contributed by atoms with Crippen LogP contribution in [0.25, 0.3) is 11.3 Å². The molecule has 2 heterocycles. The minimum absolute atomic E-state index is 0.0577. The Morgan fingerprint density at radius 3 is 2.56 bits per heavy atom. The van der Waals surface area contributed by atoms with Crippen LogP contribution in [0.15, 0.2) is 36.4 Å². The zero-order valence-electron chi connectivity index (χ0n) is 17.4. The zero-order chi connectivity index (χ0) is 22.8. The highest BCUT2D eigenvalue weighted by molar-refractivity contribution is 5.77. The number of nitrogens with two attached hydrogens (primary N) is 1. The lowest BCUT2D eigenvalue weighted by molar-refractivity contribution is -0.133. The molecule has 4 rings (SSSR count). The van der Waals surface area contributed by atoms with Crippen LogP contribution < -0.4 is 10.5 Å². The lowest BCUT2D eigenvalue weighted by Gasteiger charge is -2.28. The molecule has 0 saturated carbocycles. The first kappa shape index (κ1) is 21.8. The van der Waals surface area contributed by atoms with Crippen molar-refractivity contribution in [1.82, 2.24) is 19.9 Å². The van der Waals surface area contributed by atoms with Crippen molar-refractivity contribution >= 4 is 5.91 Å². The van der Waals surface area contributed by atoms with E-state index in [0.717, 1.165) is 23.1 Å². The van der Waals surface area contributed by atoms with Gasteiger partial charge in [0.1, 0.15) is 17.3 Å². The van der Waals surface area contributed by atoms with E-state index in [-0.39, 0.29) is 24.3 Å². The summed E-state index contributed by atoms with van der Waals surface area (Å²) in [5.41, 5.74) is 8.29. The van der Waals surface area contributed by atoms with Gasteiger partial charge in [0.15, 0.2) is 11.6 Å². The smallest absolute Gasteiger partial charge is 0.224 e. The number of rotatable bonds is 6. The van der Waals surface area contributed by atoms with Gasteiger partial charge in [-0.2, -0.15) is 0 Å². The molecule has 10 heteroatoms. The van der Waals surface area contributed by atoms with E-state index in [1.54, 1.807) is 16.7 Å². The Hall–Kier alpha value is -3.40. The fraction of sp³-hybridized carbons (Fsp3) is 0.318. The van der Waals surface area contributed by atoms with Crippen molar-refractivity contribution in [1.29, 1.82) is 0 Å². The molecule has 1 aliphatic heterocycles. The summed E-state index contributed by atoms with van der Waals surface area (Å²) in [6, 6.07) is 7.91. The number of hydrogen-bond acceptors (Lipinski definition) is 5. The maximum absolute atomic E-state index is 13.9. The fourth-order valence-electron chi connectivity index (χ4n) is 3.76. The van der Waals surface area contributed by atoms with E-state index in [4.69, 9.17) is 10.5 Å². The minimum Gasteiger partial charge on any atom is -0.497 e. The molecule has 0 bridgehead atoms. The fourth-order valence-corrected chi connectivity index (χ4v) is 3.76. The first-order valence-electron chi connectivity index (χ1n) is 10.1. The monoisotopic (exact) mass is 445 g/mol. The summed E-state index contributed by atoms with van der Waals surface area (Å²) in [4.78, 5) is 14.5. The predicted octanol–water partition coefficient (Wildman–Crippen LogP) is 2.67. The molecule has 0 saturated heterocycles.